The van der Waals surface area contributed by atoms with Gasteiger partial charge in [0.1, 0.15) is 11.2 Å². The van der Waals surface area contributed by atoms with Gasteiger partial charge in [0.15, 0.2) is 0 Å². The van der Waals surface area contributed by atoms with E-state index in [0.29, 0.717) is 10.6 Å². The van der Waals surface area contributed by atoms with Gasteiger partial charge in [-0.05, 0) is 41.5 Å². The lowest BCUT2D eigenvalue weighted by atomic mass is 9.98. The molecule has 0 spiro atoms. The van der Waals surface area contributed by atoms with Gasteiger partial charge >= 0.3 is 5.97 Å². The maximum Gasteiger partial charge on any atom is 0.338 e. The van der Waals surface area contributed by atoms with Gasteiger partial charge in [0.05, 0.1) is 12.7 Å². The van der Waals surface area contributed by atoms with E-state index in [4.69, 9.17) is 20.8 Å². The number of furan rings is 1. The van der Waals surface area contributed by atoms with E-state index in [1.54, 1.807) is 12.1 Å². The number of esters is 1. The average molecular weight is 337 g/mol. The number of para-hydroxylation sites is 1. The van der Waals surface area contributed by atoms with E-state index in [0.717, 1.165) is 33.1 Å². The Morgan fingerprint density at radius 1 is 0.958 bits per heavy atom. The molecule has 3 aromatic carbocycles. The first kappa shape index (κ1) is 14.8. The summed E-state index contributed by atoms with van der Waals surface area (Å²) in [5.74, 6) is -0.419. The lowest BCUT2D eigenvalue weighted by Crippen LogP contribution is -2.03. The smallest absolute Gasteiger partial charge is 0.338 e. The molecule has 3 nitrogen and oxygen atoms in total. The van der Waals surface area contributed by atoms with Crippen molar-refractivity contribution in [2.75, 3.05) is 7.11 Å². The number of carbonyl (C=O) groups excluding carboxylic acids is 1. The molecule has 0 N–H and O–H groups in total. The van der Waals surface area contributed by atoms with Gasteiger partial charge in [-0.3, -0.25) is 0 Å². The van der Waals surface area contributed by atoms with Crippen LogP contribution in [0.15, 0.2) is 65.1 Å². The largest absolute Gasteiger partial charge is 0.465 e. The van der Waals surface area contributed by atoms with Crippen LogP contribution in [0, 0.1) is 0 Å². The quantitative estimate of drug-likeness (QED) is 0.441. The Morgan fingerprint density at radius 3 is 2.58 bits per heavy atom. The van der Waals surface area contributed by atoms with Crippen LogP contribution in [0.1, 0.15) is 10.4 Å². The van der Waals surface area contributed by atoms with Crippen molar-refractivity contribution in [2.24, 2.45) is 0 Å². The lowest BCUT2D eigenvalue weighted by molar-refractivity contribution is 0.0601. The molecule has 118 valence electrons. The molecule has 24 heavy (non-hydrogen) atoms. The van der Waals surface area contributed by atoms with E-state index in [9.17, 15) is 4.79 Å². The number of methoxy groups -OCH3 is 1. The Kier molecular flexibility index (Phi) is 3.51. The first-order valence-corrected chi connectivity index (χ1v) is 7.85. The standard InChI is InChI=1S/C20H13ClO3/c1-23-20(22)17-11-13(21)7-9-14(17)12-6-8-16-15-4-2-3-5-18(15)24-19(16)10-12/h2-11H,1H3. The van der Waals surface area contributed by atoms with Crippen molar-refractivity contribution < 1.29 is 13.9 Å². The highest BCUT2D eigenvalue weighted by molar-refractivity contribution is 6.31. The molecule has 0 amide bonds. The number of carbonyl (C=O) groups is 1. The Labute approximate surface area is 143 Å². The highest BCUT2D eigenvalue weighted by Gasteiger charge is 2.15. The highest BCUT2D eigenvalue weighted by Crippen LogP contribution is 2.34. The van der Waals surface area contributed by atoms with Crippen molar-refractivity contribution in [1.29, 1.82) is 0 Å². The van der Waals surface area contributed by atoms with Gasteiger partial charge in [-0.25, -0.2) is 4.79 Å². The molecule has 0 atom stereocenters. The Hall–Kier alpha value is -2.78. The highest BCUT2D eigenvalue weighted by atomic mass is 35.5. The number of hydrogen-bond donors (Lipinski definition) is 0. The predicted molar refractivity (Wildman–Crippen MR) is 95.5 cm³/mol. The van der Waals surface area contributed by atoms with Gasteiger partial charge in [-0.1, -0.05) is 41.9 Å². The van der Waals surface area contributed by atoms with Crippen LogP contribution in [0.3, 0.4) is 0 Å². The fourth-order valence-electron chi connectivity index (χ4n) is 2.94. The second kappa shape index (κ2) is 5.69. The number of halogens is 1. The minimum atomic E-state index is -0.419. The average Bonchev–Trinajstić information content (AvgIpc) is 2.98. The van der Waals surface area contributed by atoms with Crippen molar-refractivity contribution in [2.45, 2.75) is 0 Å². The van der Waals surface area contributed by atoms with Gasteiger partial charge in [-0.15, -0.1) is 0 Å². The minimum absolute atomic E-state index is 0.419. The second-order valence-corrected chi connectivity index (χ2v) is 5.93. The van der Waals surface area contributed by atoms with Crippen molar-refractivity contribution >= 4 is 39.5 Å². The number of ether oxygens (including phenoxy) is 1. The molecular formula is C20H13ClO3. The number of benzene rings is 3. The molecule has 4 rings (SSSR count). The van der Waals surface area contributed by atoms with Crippen LogP contribution >= 0.6 is 11.6 Å². The topological polar surface area (TPSA) is 39.4 Å². The molecule has 0 aliphatic carbocycles. The Balaban J connectivity index is 1.94. The molecule has 1 heterocycles. The van der Waals surface area contributed by atoms with E-state index in [-0.39, 0.29) is 0 Å². The zero-order valence-corrected chi connectivity index (χ0v) is 13.6. The Bertz CT molecular complexity index is 1080. The molecule has 0 unspecified atom stereocenters. The maximum atomic E-state index is 12.1. The van der Waals surface area contributed by atoms with Crippen LogP contribution in [0.25, 0.3) is 33.1 Å². The third-order valence-electron chi connectivity index (χ3n) is 4.08. The monoisotopic (exact) mass is 336 g/mol. The third kappa shape index (κ3) is 2.34. The van der Waals surface area contributed by atoms with Gasteiger partial charge in [0.2, 0.25) is 0 Å². The van der Waals surface area contributed by atoms with Crippen LogP contribution in [0.2, 0.25) is 5.02 Å². The normalized spacial score (nSPS) is 11.1. The maximum absolute atomic E-state index is 12.1. The molecule has 1 aromatic heterocycles. The number of fused-ring (bicyclic) bond motifs is 3. The molecule has 0 saturated heterocycles. The minimum Gasteiger partial charge on any atom is -0.465 e. The fourth-order valence-corrected chi connectivity index (χ4v) is 3.11. The SMILES string of the molecule is COC(=O)c1cc(Cl)ccc1-c1ccc2c(c1)oc1ccccc12. The molecule has 4 aromatic rings. The molecule has 4 heteroatoms. The van der Waals surface area contributed by atoms with Gasteiger partial charge < -0.3 is 9.15 Å². The molecule has 0 fully saturated rings. The van der Waals surface area contributed by atoms with Crippen LogP contribution in [0.4, 0.5) is 0 Å². The van der Waals surface area contributed by atoms with E-state index < -0.39 is 5.97 Å². The summed E-state index contributed by atoms with van der Waals surface area (Å²) in [7, 11) is 1.36. The Morgan fingerprint density at radius 2 is 1.75 bits per heavy atom. The van der Waals surface area contributed by atoms with Crippen molar-refractivity contribution in [3.8, 4) is 11.1 Å². The first-order valence-electron chi connectivity index (χ1n) is 7.47. The van der Waals surface area contributed by atoms with Crippen molar-refractivity contribution in [3.05, 3.63) is 71.2 Å². The van der Waals surface area contributed by atoms with Crippen LogP contribution < -0.4 is 0 Å². The summed E-state index contributed by atoms with van der Waals surface area (Å²) in [6.07, 6.45) is 0. The zero-order chi connectivity index (χ0) is 16.7. The number of rotatable bonds is 2. The zero-order valence-electron chi connectivity index (χ0n) is 12.9. The van der Waals surface area contributed by atoms with Crippen molar-refractivity contribution in [3.63, 3.8) is 0 Å². The summed E-state index contributed by atoms with van der Waals surface area (Å²) in [5, 5.41) is 2.61. The van der Waals surface area contributed by atoms with Crippen LogP contribution in [-0.2, 0) is 4.74 Å². The molecule has 0 saturated carbocycles. The summed E-state index contributed by atoms with van der Waals surface area (Å²) < 4.78 is 10.8. The third-order valence-corrected chi connectivity index (χ3v) is 4.31. The molecule has 0 aliphatic rings. The molecular weight excluding hydrogens is 324 g/mol. The van der Waals surface area contributed by atoms with E-state index in [1.165, 1.54) is 7.11 Å². The van der Waals surface area contributed by atoms with E-state index >= 15 is 0 Å². The summed E-state index contributed by atoms with van der Waals surface area (Å²) in [5.41, 5.74) is 3.68. The summed E-state index contributed by atoms with van der Waals surface area (Å²) in [4.78, 5) is 12.1. The predicted octanol–water partition coefficient (Wildman–Crippen LogP) is 5.69. The molecule has 0 aliphatic heterocycles. The second-order valence-electron chi connectivity index (χ2n) is 5.49. The summed E-state index contributed by atoms with van der Waals surface area (Å²) >= 11 is 6.03. The van der Waals surface area contributed by atoms with Crippen molar-refractivity contribution in [1.82, 2.24) is 0 Å². The number of hydrogen-bond acceptors (Lipinski definition) is 3. The van der Waals surface area contributed by atoms with Crippen LogP contribution in [0.5, 0.6) is 0 Å². The van der Waals surface area contributed by atoms with Gasteiger partial charge in [-0.2, -0.15) is 0 Å². The fraction of sp³-hybridized carbons (Fsp3) is 0.0500. The summed E-state index contributed by atoms with van der Waals surface area (Å²) in [6, 6.07) is 19.0. The van der Waals surface area contributed by atoms with Crippen LogP contribution in [-0.4, -0.2) is 13.1 Å². The molecule has 0 bridgehead atoms. The lowest BCUT2D eigenvalue weighted by Gasteiger charge is -2.08. The summed E-state index contributed by atoms with van der Waals surface area (Å²) in [6.45, 7) is 0. The van der Waals surface area contributed by atoms with Gasteiger partial charge in [0, 0.05) is 15.8 Å². The van der Waals surface area contributed by atoms with E-state index in [1.807, 2.05) is 48.5 Å². The first-order chi connectivity index (χ1) is 11.7. The van der Waals surface area contributed by atoms with Gasteiger partial charge in [0.25, 0.3) is 0 Å². The molecule has 0 radical (unpaired) electrons. The van der Waals surface area contributed by atoms with E-state index in [2.05, 4.69) is 0 Å².